The van der Waals surface area contributed by atoms with Gasteiger partial charge in [0.15, 0.2) is 4.90 Å². The second-order valence-corrected chi connectivity index (χ2v) is 6.49. The molecule has 2 N–H and O–H groups in total. The SMILES string of the molecule is NS(=O)(=O)c1c(F)cc(-c2c(F)c(F)nn2-c2cccnc2F)cc1F. The molecule has 0 aliphatic carbocycles. The van der Waals surface area contributed by atoms with Gasteiger partial charge in [-0.15, -0.1) is 5.10 Å². The summed E-state index contributed by atoms with van der Waals surface area (Å²) >= 11 is 0. The van der Waals surface area contributed by atoms with E-state index in [-0.39, 0.29) is 0 Å². The summed E-state index contributed by atoms with van der Waals surface area (Å²) in [5, 5.41) is 7.86. The average Bonchev–Trinajstić information content (AvgIpc) is 2.81. The van der Waals surface area contributed by atoms with Crippen LogP contribution in [0.2, 0.25) is 0 Å². The van der Waals surface area contributed by atoms with Gasteiger partial charge in [-0.2, -0.15) is 13.2 Å². The molecule has 3 aromatic rings. The first-order valence-corrected chi connectivity index (χ1v) is 8.23. The molecule has 0 aliphatic heterocycles. The highest BCUT2D eigenvalue weighted by molar-refractivity contribution is 7.89. The quantitative estimate of drug-likeness (QED) is 0.549. The van der Waals surface area contributed by atoms with Gasteiger partial charge in [-0.3, -0.25) is 0 Å². The van der Waals surface area contributed by atoms with Gasteiger partial charge in [0, 0.05) is 11.8 Å². The molecule has 0 spiro atoms. The molecule has 1 aromatic carbocycles. The molecule has 136 valence electrons. The molecule has 0 atom stereocenters. The number of halogens is 5. The zero-order valence-corrected chi connectivity index (χ0v) is 13.2. The number of pyridine rings is 1. The van der Waals surface area contributed by atoms with Gasteiger partial charge in [-0.25, -0.2) is 32.0 Å². The fourth-order valence-electron chi connectivity index (χ4n) is 2.30. The Balaban J connectivity index is 2.31. The molecule has 0 unspecified atom stereocenters. The topological polar surface area (TPSA) is 90.9 Å². The molecular weight excluding hydrogens is 383 g/mol. The van der Waals surface area contributed by atoms with Crippen molar-refractivity contribution in [3.63, 3.8) is 0 Å². The predicted octanol–water partition coefficient (Wildman–Crippen LogP) is 2.28. The third-order valence-corrected chi connectivity index (χ3v) is 4.27. The van der Waals surface area contributed by atoms with Crippen molar-refractivity contribution in [2.45, 2.75) is 4.90 Å². The lowest BCUT2D eigenvalue weighted by atomic mass is 10.1. The Bertz CT molecular complexity index is 1110. The summed E-state index contributed by atoms with van der Waals surface area (Å²) in [6.45, 7) is 0. The number of hydrogen-bond acceptors (Lipinski definition) is 4. The first kappa shape index (κ1) is 17.9. The molecule has 3 rings (SSSR count). The Morgan fingerprint density at radius 2 is 1.62 bits per heavy atom. The number of primary sulfonamides is 1. The third kappa shape index (κ3) is 2.93. The van der Waals surface area contributed by atoms with Crippen LogP contribution >= 0.6 is 0 Å². The fraction of sp³-hybridized carbons (Fsp3) is 0. The van der Waals surface area contributed by atoms with E-state index < -0.39 is 61.2 Å². The number of nitrogens with two attached hydrogens (primary N) is 1. The van der Waals surface area contributed by atoms with E-state index in [0.717, 1.165) is 12.3 Å². The summed E-state index contributed by atoms with van der Waals surface area (Å²) in [7, 11) is -4.75. The molecule has 0 saturated carbocycles. The molecule has 26 heavy (non-hydrogen) atoms. The average molecular weight is 390 g/mol. The number of rotatable bonds is 3. The van der Waals surface area contributed by atoms with E-state index in [2.05, 4.69) is 10.1 Å². The van der Waals surface area contributed by atoms with Crippen molar-refractivity contribution in [2.75, 3.05) is 0 Å². The van der Waals surface area contributed by atoms with Crippen LogP contribution < -0.4 is 5.14 Å². The highest BCUT2D eigenvalue weighted by Crippen LogP contribution is 2.31. The smallest absolute Gasteiger partial charge is 0.226 e. The second-order valence-electron chi connectivity index (χ2n) is 4.99. The molecule has 0 saturated heterocycles. The Hall–Kier alpha value is -2.86. The standard InChI is InChI=1S/C14H7F5N4O2S/c15-7-4-6(5-8(16)12(7)26(20,24)25)11-10(17)14(19)22-23(11)9-2-1-3-21-13(9)18/h1-5H,(H2,20,24,25). The van der Waals surface area contributed by atoms with Crippen molar-refractivity contribution in [2.24, 2.45) is 5.14 Å². The van der Waals surface area contributed by atoms with Gasteiger partial charge in [0.25, 0.3) is 5.95 Å². The molecule has 0 amide bonds. The lowest BCUT2D eigenvalue weighted by Crippen LogP contribution is -2.16. The number of benzene rings is 1. The van der Waals surface area contributed by atoms with Gasteiger partial charge in [0.2, 0.25) is 21.8 Å². The molecule has 2 heterocycles. The zero-order valence-electron chi connectivity index (χ0n) is 12.4. The Morgan fingerprint density at radius 1 is 1.00 bits per heavy atom. The van der Waals surface area contributed by atoms with E-state index in [9.17, 15) is 30.4 Å². The van der Waals surface area contributed by atoms with Gasteiger partial charge >= 0.3 is 0 Å². The van der Waals surface area contributed by atoms with Crippen LogP contribution in [-0.4, -0.2) is 23.2 Å². The van der Waals surface area contributed by atoms with Crippen LogP contribution in [-0.2, 0) is 10.0 Å². The largest absolute Gasteiger partial charge is 0.269 e. The maximum absolute atomic E-state index is 14.1. The minimum absolute atomic E-state index is 0.410. The monoisotopic (exact) mass is 390 g/mol. The minimum Gasteiger partial charge on any atom is -0.226 e. The Kier molecular flexibility index (Phi) is 4.24. The summed E-state index contributed by atoms with van der Waals surface area (Å²) in [5.74, 6) is -7.73. The highest BCUT2D eigenvalue weighted by atomic mass is 32.2. The summed E-state index contributed by atoms with van der Waals surface area (Å²) in [6.07, 6.45) is 1.06. The van der Waals surface area contributed by atoms with Gasteiger partial charge in [-0.1, -0.05) is 0 Å². The van der Waals surface area contributed by atoms with Crippen molar-refractivity contribution < 1.29 is 30.4 Å². The van der Waals surface area contributed by atoms with Crippen LogP contribution in [0.15, 0.2) is 35.4 Å². The Labute approximate surface area is 142 Å². The first-order valence-electron chi connectivity index (χ1n) is 6.68. The van der Waals surface area contributed by atoms with Crippen molar-refractivity contribution in [3.05, 3.63) is 59.8 Å². The van der Waals surface area contributed by atoms with Gasteiger partial charge < -0.3 is 0 Å². The summed E-state index contributed by atoms with van der Waals surface area (Å²) in [5.41, 5.74) is -1.97. The second kappa shape index (κ2) is 6.14. The van der Waals surface area contributed by atoms with Crippen LogP contribution in [0.3, 0.4) is 0 Å². The van der Waals surface area contributed by atoms with Crippen LogP contribution in [0, 0.1) is 29.3 Å². The van der Waals surface area contributed by atoms with E-state index in [1.807, 2.05) is 0 Å². The third-order valence-electron chi connectivity index (χ3n) is 3.31. The van der Waals surface area contributed by atoms with Gasteiger partial charge in [0.05, 0.1) is 0 Å². The number of sulfonamides is 1. The van der Waals surface area contributed by atoms with E-state index in [1.165, 1.54) is 6.07 Å². The summed E-state index contributed by atoms with van der Waals surface area (Å²) in [4.78, 5) is 1.85. The first-order chi connectivity index (χ1) is 12.1. The molecule has 0 aliphatic rings. The van der Waals surface area contributed by atoms with Crippen LogP contribution in [0.5, 0.6) is 0 Å². The predicted molar refractivity (Wildman–Crippen MR) is 78.0 cm³/mol. The zero-order chi connectivity index (χ0) is 19.2. The summed E-state index contributed by atoms with van der Waals surface area (Å²) in [6, 6.07) is 3.13. The van der Waals surface area contributed by atoms with Gasteiger partial charge in [-0.05, 0) is 24.3 Å². The van der Waals surface area contributed by atoms with E-state index in [0.29, 0.717) is 16.8 Å². The maximum Gasteiger partial charge on any atom is 0.269 e. The molecule has 12 heteroatoms. The van der Waals surface area contributed by atoms with Gasteiger partial charge in [0.1, 0.15) is 23.0 Å². The number of hydrogen-bond donors (Lipinski definition) is 1. The molecule has 0 radical (unpaired) electrons. The van der Waals surface area contributed by atoms with Crippen LogP contribution in [0.25, 0.3) is 16.9 Å². The van der Waals surface area contributed by atoms with Crippen LogP contribution in [0.1, 0.15) is 0 Å². The lowest BCUT2D eigenvalue weighted by Gasteiger charge is -2.10. The normalized spacial score (nSPS) is 11.8. The van der Waals surface area contributed by atoms with E-state index in [4.69, 9.17) is 5.14 Å². The molecule has 6 nitrogen and oxygen atoms in total. The Morgan fingerprint density at radius 3 is 2.15 bits per heavy atom. The fourth-order valence-corrected chi connectivity index (χ4v) is 2.96. The van der Waals surface area contributed by atoms with Crippen molar-refractivity contribution in [3.8, 4) is 16.9 Å². The molecule has 2 aromatic heterocycles. The number of nitrogens with zero attached hydrogens (tertiary/aromatic N) is 3. The van der Waals surface area contributed by atoms with Crippen molar-refractivity contribution in [1.29, 1.82) is 0 Å². The van der Waals surface area contributed by atoms with Crippen LogP contribution in [0.4, 0.5) is 22.0 Å². The number of aromatic nitrogens is 3. The highest BCUT2D eigenvalue weighted by Gasteiger charge is 2.27. The minimum atomic E-state index is -4.75. The molecular formula is C14H7F5N4O2S. The molecule has 0 bridgehead atoms. The van der Waals surface area contributed by atoms with Crippen molar-refractivity contribution in [1.82, 2.24) is 14.8 Å². The van der Waals surface area contributed by atoms with Crippen molar-refractivity contribution >= 4 is 10.0 Å². The van der Waals surface area contributed by atoms with E-state index >= 15 is 0 Å². The lowest BCUT2D eigenvalue weighted by molar-refractivity contribution is 0.487. The summed E-state index contributed by atoms with van der Waals surface area (Å²) < 4.78 is 92.5. The molecule has 0 fully saturated rings. The maximum atomic E-state index is 14.1. The van der Waals surface area contributed by atoms with E-state index in [1.54, 1.807) is 0 Å².